The summed E-state index contributed by atoms with van der Waals surface area (Å²) in [6.07, 6.45) is 0.761. The molecule has 0 saturated heterocycles. The average Bonchev–Trinajstić information content (AvgIpc) is 2.92. The second-order valence-corrected chi connectivity index (χ2v) is 5.84. The van der Waals surface area contributed by atoms with Crippen LogP contribution in [-0.4, -0.2) is 29.9 Å². The lowest BCUT2D eigenvalue weighted by Crippen LogP contribution is -2.30. The molecule has 0 fully saturated rings. The molecule has 8 heteroatoms. The smallest absolute Gasteiger partial charge is 0.242 e. The van der Waals surface area contributed by atoms with Crippen LogP contribution in [0, 0.1) is 5.41 Å². The molecule has 124 valence electrons. The Morgan fingerprint density at radius 1 is 1.35 bits per heavy atom. The van der Waals surface area contributed by atoms with E-state index in [0.717, 1.165) is 17.0 Å². The largest absolute Gasteiger partial charge is 0.493 e. The Labute approximate surface area is 138 Å². The predicted molar refractivity (Wildman–Crippen MR) is 86.7 cm³/mol. The first-order valence-electron chi connectivity index (χ1n) is 7.16. The third kappa shape index (κ3) is 4.32. The highest BCUT2D eigenvalue weighted by atomic mass is 32.1. The number of aryl methyl sites for hydroxylation is 1. The monoisotopic (exact) mass is 336 g/mol. The number of rotatable bonds is 7. The maximum atomic E-state index is 12.0. The van der Waals surface area contributed by atoms with Crippen molar-refractivity contribution in [1.29, 1.82) is 5.41 Å². The third-order valence-electron chi connectivity index (χ3n) is 3.21. The SMILES string of the molecule is CCc1nn(CC(=O)NCc2ccc(OC)c(OC)c2)c(=N)s1. The van der Waals surface area contributed by atoms with Gasteiger partial charge < -0.3 is 14.8 Å². The molecule has 23 heavy (non-hydrogen) atoms. The molecule has 0 unspecified atom stereocenters. The van der Waals surface area contributed by atoms with Crippen molar-refractivity contribution >= 4 is 17.2 Å². The molecule has 7 nitrogen and oxygen atoms in total. The van der Waals surface area contributed by atoms with Crippen molar-refractivity contribution in [3.63, 3.8) is 0 Å². The zero-order valence-corrected chi connectivity index (χ0v) is 14.2. The van der Waals surface area contributed by atoms with Crippen LogP contribution in [0.1, 0.15) is 17.5 Å². The topological polar surface area (TPSA) is 89.2 Å². The molecule has 1 aromatic carbocycles. The molecule has 2 N–H and O–H groups in total. The molecule has 0 spiro atoms. The van der Waals surface area contributed by atoms with Gasteiger partial charge in [0.05, 0.1) is 14.2 Å². The molecule has 0 saturated carbocycles. The van der Waals surface area contributed by atoms with Gasteiger partial charge in [-0.3, -0.25) is 10.2 Å². The molecule has 2 aromatic rings. The van der Waals surface area contributed by atoms with Gasteiger partial charge in [-0.05, 0) is 24.1 Å². The lowest BCUT2D eigenvalue weighted by Gasteiger charge is -2.10. The Morgan fingerprint density at radius 3 is 2.70 bits per heavy atom. The zero-order chi connectivity index (χ0) is 16.8. The summed E-state index contributed by atoms with van der Waals surface area (Å²) < 4.78 is 11.8. The Hall–Kier alpha value is -2.35. The van der Waals surface area contributed by atoms with Gasteiger partial charge in [0.1, 0.15) is 11.6 Å². The van der Waals surface area contributed by atoms with E-state index < -0.39 is 0 Å². The highest BCUT2D eigenvalue weighted by Crippen LogP contribution is 2.27. The fraction of sp³-hybridized carbons (Fsp3) is 0.400. The summed E-state index contributed by atoms with van der Waals surface area (Å²) in [5.41, 5.74) is 0.902. The predicted octanol–water partition coefficient (Wildman–Crippen LogP) is 1.32. The van der Waals surface area contributed by atoms with E-state index in [0.29, 0.717) is 18.0 Å². The summed E-state index contributed by atoms with van der Waals surface area (Å²) in [6, 6.07) is 5.48. The molecule has 0 aliphatic heterocycles. The molecule has 0 atom stereocenters. The van der Waals surface area contributed by atoms with Crippen molar-refractivity contribution in [3.05, 3.63) is 33.6 Å². The van der Waals surface area contributed by atoms with Gasteiger partial charge in [0.15, 0.2) is 11.5 Å². The Kier molecular flexibility index (Phi) is 5.75. The minimum Gasteiger partial charge on any atom is -0.493 e. The highest BCUT2D eigenvalue weighted by Gasteiger charge is 2.09. The highest BCUT2D eigenvalue weighted by molar-refractivity contribution is 7.08. The number of hydrogen-bond donors (Lipinski definition) is 2. The molecule has 1 aromatic heterocycles. The standard InChI is InChI=1S/C15H20N4O3S/c1-4-14-18-19(15(16)23-14)9-13(20)17-8-10-5-6-11(21-2)12(7-10)22-3/h5-7,16H,4,8-9H2,1-3H3,(H,17,20). The zero-order valence-electron chi connectivity index (χ0n) is 13.4. The van der Waals surface area contributed by atoms with E-state index in [-0.39, 0.29) is 17.3 Å². The average molecular weight is 336 g/mol. The van der Waals surface area contributed by atoms with E-state index in [4.69, 9.17) is 14.9 Å². The van der Waals surface area contributed by atoms with E-state index in [1.807, 2.05) is 19.1 Å². The number of methoxy groups -OCH3 is 2. The Morgan fingerprint density at radius 2 is 2.09 bits per heavy atom. The fourth-order valence-corrected chi connectivity index (χ4v) is 2.72. The fourth-order valence-electron chi connectivity index (χ4n) is 2.00. The molecular weight excluding hydrogens is 316 g/mol. The van der Waals surface area contributed by atoms with Gasteiger partial charge in [-0.15, -0.1) is 0 Å². The van der Waals surface area contributed by atoms with Crippen LogP contribution < -0.4 is 19.6 Å². The molecule has 0 aliphatic carbocycles. The van der Waals surface area contributed by atoms with E-state index in [9.17, 15) is 4.79 Å². The summed E-state index contributed by atoms with van der Waals surface area (Å²) >= 11 is 1.29. The summed E-state index contributed by atoms with van der Waals surface area (Å²) in [5.74, 6) is 1.08. The molecular formula is C15H20N4O3S. The summed E-state index contributed by atoms with van der Waals surface area (Å²) in [5, 5.41) is 15.7. The van der Waals surface area contributed by atoms with Crippen LogP contribution in [0.2, 0.25) is 0 Å². The Balaban J connectivity index is 1.96. The van der Waals surface area contributed by atoms with Crippen molar-refractivity contribution in [3.8, 4) is 11.5 Å². The van der Waals surface area contributed by atoms with Gasteiger partial charge in [0.2, 0.25) is 10.7 Å². The maximum Gasteiger partial charge on any atom is 0.242 e. The van der Waals surface area contributed by atoms with E-state index in [1.54, 1.807) is 20.3 Å². The van der Waals surface area contributed by atoms with Gasteiger partial charge in [-0.1, -0.05) is 24.3 Å². The van der Waals surface area contributed by atoms with Crippen LogP contribution in [0.5, 0.6) is 11.5 Å². The summed E-state index contributed by atoms with van der Waals surface area (Å²) in [7, 11) is 3.15. The van der Waals surface area contributed by atoms with Crippen molar-refractivity contribution < 1.29 is 14.3 Å². The van der Waals surface area contributed by atoms with Crippen LogP contribution >= 0.6 is 11.3 Å². The van der Waals surface area contributed by atoms with Crippen molar-refractivity contribution in [1.82, 2.24) is 15.1 Å². The Bertz CT molecular complexity index is 739. The first kappa shape index (κ1) is 17.0. The van der Waals surface area contributed by atoms with Crippen molar-refractivity contribution in [2.24, 2.45) is 0 Å². The van der Waals surface area contributed by atoms with Gasteiger partial charge in [-0.2, -0.15) is 5.10 Å². The lowest BCUT2D eigenvalue weighted by molar-refractivity contribution is -0.122. The number of carbonyl (C=O) groups excluding carboxylic acids is 1. The number of amides is 1. The molecule has 0 aliphatic rings. The van der Waals surface area contributed by atoms with Crippen molar-refractivity contribution in [2.45, 2.75) is 26.4 Å². The van der Waals surface area contributed by atoms with Crippen molar-refractivity contribution in [2.75, 3.05) is 14.2 Å². The quantitative estimate of drug-likeness (QED) is 0.798. The van der Waals surface area contributed by atoms with E-state index in [1.165, 1.54) is 16.0 Å². The molecule has 0 bridgehead atoms. The number of hydrogen-bond acceptors (Lipinski definition) is 6. The van der Waals surface area contributed by atoms with Crippen LogP contribution in [0.4, 0.5) is 0 Å². The number of benzene rings is 1. The lowest BCUT2D eigenvalue weighted by atomic mass is 10.2. The van der Waals surface area contributed by atoms with E-state index in [2.05, 4.69) is 10.4 Å². The number of aromatic nitrogens is 2. The van der Waals surface area contributed by atoms with Gasteiger partial charge in [-0.25, -0.2) is 4.68 Å². The van der Waals surface area contributed by atoms with Crippen LogP contribution in [-0.2, 0) is 24.3 Å². The maximum absolute atomic E-state index is 12.0. The van der Waals surface area contributed by atoms with Crippen LogP contribution in [0.15, 0.2) is 18.2 Å². The number of nitrogens with zero attached hydrogens (tertiary/aromatic N) is 2. The van der Waals surface area contributed by atoms with Crippen LogP contribution in [0.25, 0.3) is 0 Å². The van der Waals surface area contributed by atoms with Gasteiger partial charge in [0.25, 0.3) is 0 Å². The van der Waals surface area contributed by atoms with Gasteiger partial charge in [0, 0.05) is 6.54 Å². The van der Waals surface area contributed by atoms with Crippen LogP contribution in [0.3, 0.4) is 0 Å². The second kappa shape index (κ2) is 7.77. The first-order chi connectivity index (χ1) is 11.1. The van der Waals surface area contributed by atoms with E-state index >= 15 is 0 Å². The summed E-state index contributed by atoms with van der Waals surface area (Å²) in [4.78, 5) is 12.3. The molecule has 1 heterocycles. The molecule has 1 amide bonds. The second-order valence-electron chi connectivity index (χ2n) is 4.78. The molecule has 0 radical (unpaired) electrons. The number of ether oxygens (including phenoxy) is 2. The minimum atomic E-state index is -0.189. The molecule has 2 rings (SSSR count). The third-order valence-corrected chi connectivity index (χ3v) is 4.22. The summed E-state index contributed by atoms with van der Waals surface area (Å²) in [6.45, 7) is 2.39. The van der Waals surface area contributed by atoms with Gasteiger partial charge >= 0.3 is 0 Å². The first-order valence-corrected chi connectivity index (χ1v) is 7.98. The normalized spacial score (nSPS) is 10.4. The number of nitrogens with one attached hydrogen (secondary N) is 2. The number of carbonyl (C=O) groups is 1. The minimum absolute atomic E-state index is 0.0443.